The summed E-state index contributed by atoms with van der Waals surface area (Å²) in [4.78, 5) is 24.7. The van der Waals surface area contributed by atoms with Gasteiger partial charge in [-0.2, -0.15) is 5.10 Å². The Kier molecular flexibility index (Phi) is 3.66. The van der Waals surface area contributed by atoms with Crippen LogP contribution in [0.15, 0.2) is 24.4 Å². The second-order valence-electron chi connectivity index (χ2n) is 4.74. The number of hydrogen-bond acceptors (Lipinski definition) is 4. The zero-order valence-corrected chi connectivity index (χ0v) is 12.0. The lowest BCUT2D eigenvalue weighted by molar-refractivity contribution is 0.0697. The number of aryl methyl sites for hydroxylation is 2. The molecule has 0 bridgehead atoms. The number of benzene rings is 1. The number of aromatic nitrogens is 2. The molecule has 0 aliphatic heterocycles. The van der Waals surface area contributed by atoms with Crippen molar-refractivity contribution in [3.05, 3.63) is 41.2 Å². The van der Waals surface area contributed by atoms with Gasteiger partial charge in [0.15, 0.2) is 0 Å². The maximum atomic E-state index is 12.5. The van der Waals surface area contributed by atoms with Gasteiger partial charge >= 0.3 is 5.97 Å². The van der Waals surface area contributed by atoms with Crippen LogP contribution in [0.1, 0.15) is 26.4 Å². The van der Waals surface area contributed by atoms with Crippen molar-refractivity contribution < 1.29 is 14.7 Å². The Morgan fingerprint density at radius 2 is 2.05 bits per heavy atom. The number of anilines is 2. The highest BCUT2D eigenvalue weighted by Gasteiger charge is 2.20. The Morgan fingerprint density at radius 1 is 1.38 bits per heavy atom. The van der Waals surface area contributed by atoms with E-state index in [0.717, 1.165) is 0 Å². The third-order valence-electron chi connectivity index (χ3n) is 3.18. The lowest BCUT2D eigenvalue weighted by Gasteiger charge is -2.19. The van der Waals surface area contributed by atoms with E-state index < -0.39 is 5.97 Å². The van der Waals surface area contributed by atoms with Crippen LogP contribution in [0.5, 0.6) is 0 Å². The van der Waals surface area contributed by atoms with Gasteiger partial charge in [-0.1, -0.05) is 0 Å². The second kappa shape index (κ2) is 5.28. The quantitative estimate of drug-likeness (QED) is 0.828. The van der Waals surface area contributed by atoms with Gasteiger partial charge in [0.1, 0.15) is 0 Å². The number of rotatable bonds is 3. The van der Waals surface area contributed by atoms with E-state index in [2.05, 4.69) is 5.10 Å². The van der Waals surface area contributed by atoms with E-state index >= 15 is 0 Å². The van der Waals surface area contributed by atoms with Gasteiger partial charge in [-0.3, -0.25) is 9.48 Å². The molecule has 7 nitrogen and oxygen atoms in total. The van der Waals surface area contributed by atoms with Gasteiger partial charge in [0.05, 0.1) is 28.2 Å². The molecule has 0 saturated carbocycles. The van der Waals surface area contributed by atoms with Gasteiger partial charge in [-0.05, 0) is 25.1 Å². The van der Waals surface area contributed by atoms with Crippen LogP contribution in [0, 0.1) is 6.92 Å². The fourth-order valence-electron chi connectivity index (χ4n) is 2.09. The highest BCUT2D eigenvalue weighted by atomic mass is 16.4. The van der Waals surface area contributed by atoms with Crippen LogP contribution in [0.4, 0.5) is 11.4 Å². The number of carbonyl (C=O) groups is 2. The molecule has 0 aliphatic rings. The lowest BCUT2D eigenvalue weighted by Crippen LogP contribution is -2.27. The molecule has 0 spiro atoms. The van der Waals surface area contributed by atoms with Gasteiger partial charge in [0, 0.05) is 20.3 Å². The van der Waals surface area contributed by atoms with Crippen LogP contribution in [0.25, 0.3) is 0 Å². The Morgan fingerprint density at radius 3 is 2.52 bits per heavy atom. The molecule has 7 heteroatoms. The van der Waals surface area contributed by atoms with Crippen LogP contribution in [-0.4, -0.2) is 33.8 Å². The van der Waals surface area contributed by atoms with Crippen molar-refractivity contribution in [2.45, 2.75) is 6.92 Å². The minimum absolute atomic E-state index is 0.0784. The zero-order chi connectivity index (χ0) is 15.7. The number of hydrogen-bond donors (Lipinski definition) is 2. The molecule has 0 aliphatic carbocycles. The molecule has 0 radical (unpaired) electrons. The van der Waals surface area contributed by atoms with E-state index in [1.165, 1.54) is 23.1 Å². The highest BCUT2D eigenvalue weighted by molar-refractivity contribution is 6.08. The van der Waals surface area contributed by atoms with Gasteiger partial charge in [0.2, 0.25) is 0 Å². The van der Waals surface area contributed by atoms with Crippen LogP contribution in [0.3, 0.4) is 0 Å². The summed E-state index contributed by atoms with van der Waals surface area (Å²) in [6, 6.07) is 4.26. The van der Waals surface area contributed by atoms with E-state index in [-0.39, 0.29) is 17.2 Å². The number of carbonyl (C=O) groups excluding carboxylic acids is 1. The summed E-state index contributed by atoms with van der Waals surface area (Å²) in [5.41, 5.74) is 7.69. The molecule has 2 rings (SSSR count). The van der Waals surface area contributed by atoms with Crippen LogP contribution in [0.2, 0.25) is 0 Å². The zero-order valence-electron chi connectivity index (χ0n) is 12.0. The summed E-state index contributed by atoms with van der Waals surface area (Å²) >= 11 is 0. The second-order valence-corrected chi connectivity index (χ2v) is 4.74. The summed E-state index contributed by atoms with van der Waals surface area (Å²) < 4.78 is 1.56. The van der Waals surface area contributed by atoms with Crippen molar-refractivity contribution in [1.29, 1.82) is 0 Å². The SMILES string of the molecule is Cc1nn(C)cc1C(=O)N(C)c1ccc(C(=O)O)cc1N. The minimum atomic E-state index is -1.06. The van der Waals surface area contributed by atoms with E-state index in [1.807, 2.05) is 0 Å². The van der Waals surface area contributed by atoms with E-state index in [4.69, 9.17) is 10.8 Å². The summed E-state index contributed by atoms with van der Waals surface area (Å²) in [5.74, 6) is -1.32. The number of nitrogens with zero attached hydrogens (tertiary/aromatic N) is 3. The smallest absolute Gasteiger partial charge is 0.335 e. The molecule has 1 amide bonds. The number of carboxylic acids is 1. The average molecular weight is 288 g/mol. The van der Waals surface area contributed by atoms with Crippen molar-refractivity contribution >= 4 is 23.3 Å². The van der Waals surface area contributed by atoms with E-state index in [1.54, 1.807) is 31.9 Å². The first-order valence-electron chi connectivity index (χ1n) is 6.22. The molecule has 1 heterocycles. The molecule has 2 aromatic rings. The van der Waals surface area contributed by atoms with Crippen LogP contribution >= 0.6 is 0 Å². The molecule has 3 N–H and O–H groups in total. The average Bonchev–Trinajstić information content (AvgIpc) is 2.75. The highest BCUT2D eigenvalue weighted by Crippen LogP contribution is 2.25. The van der Waals surface area contributed by atoms with Crippen molar-refractivity contribution in [1.82, 2.24) is 9.78 Å². The standard InChI is InChI=1S/C14H16N4O3/c1-8-10(7-17(2)16-8)13(19)18(3)12-5-4-9(14(20)21)6-11(12)15/h4-7H,15H2,1-3H3,(H,20,21). The largest absolute Gasteiger partial charge is 0.478 e. The summed E-state index contributed by atoms with van der Waals surface area (Å²) in [6.07, 6.45) is 1.63. The Bertz CT molecular complexity index is 721. The van der Waals surface area contributed by atoms with Gasteiger partial charge in [0.25, 0.3) is 5.91 Å². The van der Waals surface area contributed by atoms with Crippen molar-refractivity contribution in [2.75, 3.05) is 17.7 Å². The number of amides is 1. The number of nitrogens with two attached hydrogens (primary N) is 1. The Hall–Kier alpha value is -2.83. The fraction of sp³-hybridized carbons (Fsp3) is 0.214. The lowest BCUT2D eigenvalue weighted by atomic mass is 10.1. The molecule has 1 aromatic heterocycles. The Balaban J connectivity index is 2.36. The third kappa shape index (κ3) is 2.71. The van der Waals surface area contributed by atoms with Gasteiger partial charge in [-0.15, -0.1) is 0 Å². The van der Waals surface area contributed by atoms with E-state index in [0.29, 0.717) is 16.9 Å². The predicted molar refractivity (Wildman–Crippen MR) is 78.5 cm³/mol. The summed E-state index contributed by atoms with van der Waals surface area (Å²) in [6.45, 7) is 1.75. The molecule has 21 heavy (non-hydrogen) atoms. The third-order valence-corrected chi connectivity index (χ3v) is 3.18. The van der Waals surface area contributed by atoms with Crippen molar-refractivity contribution in [2.24, 2.45) is 7.05 Å². The number of nitrogen functional groups attached to an aromatic ring is 1. The molecular weight excluding hydrogens is 272 g/mol. The predicted octanol–water partition coefficient (Wildman–Crippen LogP) is 1.29. The normalized spacial score (nSPS) is 10.4. The first kappa shape index (κ1) is 14.6. The molecule has 0 unspecified atom stereocenters. The van der Waals surface area contributed by atoms with E-state index in [9.17, 15) is 9.59 Å². The van der Waals surface area contributed by atoms with Crippen molar-refractivity contribution in [3.63, 3.8) is 0 Å². The summed E-state index contributed by atoms with van der Waals surface area (Å²) in [7, 11) is 3.32. The molecule has 110 valence electrons. The molecule has 0 fully saturated rings. The first-order chi connectivity index (χ1) is 9.81. The number of carboxylic acid groups (broad SMARTS) is 1. The van der Waals surface area contributed by atoms with Gasteiger partial charge < -0.3 is 15.7 Å². The number of aromatic carboxylic acids is 1. The molecular formula is C14H16N4O3. The minimum Gasteiger partial charge on any atom is -0.478 e. The topological polar surface area (TPSA) is 101 Å². The molecule has 0 saturated heterocycles. The monoisotopic (exact) mass is 288 g/mol. The maximum absolute atomic E-state index is 12.5. The van der Waals surface area contributed by atoms with Gasteiger partial charge in [-0.25, -0.2) is 4.79 Å². The van der Waals surface area contributed by atoms with Crippen molar-refractivity contribution in [3.8, 4) is 0 Å². The van der Waals surface area contributed by atoms with Crippen LogP contribution in [-0.2, 0) is 7.05 Å². The Labute approximate surface area is 121 Å². The maximum Gasteiger partial charge on any atom is 0.335 e. The summed E-state index contributed by atoms with van der Waals surface area (Å²) in [5, 5.41) is 13.0. The first-order valence-corrected chi connectivity index (χ1v) is 6.22. The molecule has 0 atom stereocenters. The fourth-order valence-corrected chi connectivity index (χ4v) is 2.09. The van der Waals surface area contributed by atoms with Crippen LogP contribution < -0.4 is 10.6 Å². The molecule has 1 aromatic carbocycles.